The Kier molecular flexibility index (Phi) is 3.16. The molecule has 1 aliphatic rings. The number of hydrogen-bond acceptors (Lipinski definition) is 6. The Labute approximate surface area is 97.3 Å². The van der Waals surface area contributed by atoms with Gasteiger partial charge in [-0.25, -0.2) is 14.8 Å². The summed E-state index contributed by atoms with van der Waals surface area (Å²) in [5.41, 5.74) is 0.233. The highest BCUT2D eigenvalue weighted by atomic mass is 16.5. The number of carboxylic acids is 1. The summed E-state index contributed by atoms with van der Waals surface area (Å²) >= 11 is 0. The number of rotatable bonds is 2. The maximum atomic E-state index is 10.8. The van der Waals surface area contributed by atoms with E-state index in [0.29, 0.717) is 19.0 Å². The first-order chi connectivity index (χ1) is 8.20. The third-order valence-corrected chi connectivity index (χ3v) is 2.42. The van der Waals surface area contributed by atoms with E-state index in [2.05, 4.69) is 9.97 Å². The molecule has 0 amide bonds. The lowest BCUT2D eigenvalue weighted by atomic mass is 10.3. The molecule has 0 saturated carbocycles. The molecule has 1 N–H and O–H groups in total. The molecular formula is C10H10N4O3. The van der Waals surface area contributed by atoms with Gasteiger partial charge in [0.05, 0.1) is 25.5 Å². The molecule has 1 aliphatic heterocycles. The Morgan fingerprint density at radius 3 is 3.00 bits per heavy atom. The highest BCUT2D eigenvalue weighted by molar-refractivity contribution is 5.73. The van der Waals surface area contributed by atoms with Crippen molar-refractivity contribution >= 4 is 11.8 Å². The lowest BCUT2D eigenvalue weighted by Gasteiger charge is -2.31. The van der Waals surface area contributed by atoms with Crippen molar-refractivity contribution in [1.29, 1.82) is 5.26 Å². The molecule has 1 unspecified atom stereocenters. The van der Waals surface area contributed by atoms with Crippen LogP contribution in [0.3, 0.4) is 0 Å². The van der Waals surface area contributed by atoms with Gasteiger partial charge >= 0.3 is 5.97 Å². The van der Waals surface area contributed by atoms with Gasteiger partial charge in [-0.05, 0) is 0 Å². The summed E-state index contributed by atoms with van der Waals surface area (Å²) in [4.78, 5) is 20.5. The number of carboxylic acid groups (broad SMARTS) is 1. The van der Waals surface area contributed by atoms with Gasteiger partial charge < -0.3 is 14.7 Å². The Balaban J connectivity index is 2.11. The summed E-state index contributed by atoms with van der Waals surface area (Å²) in [5.74, 6) is -0.435. The monoisotopic (exact) mass is 234 g/mol. The average molecular weight is 234 g/mol. The summed E-state index contributed by atoms with van der Waals surface area (Å²) in [6.45, 7) is 1.12. The minimum Gasteiger partial charge on any atom is -0.479 e. The minimum atomic E-state index is -0.990. The summed E-state index contributed by atoms with van der Waals surface area (Å²) < 4.78 is 5.09. The molecule has 1 saturated heterocycles. The zero-order chi connectivity index (χ0) is 12.3. The van der Waals surface area contributed by atoms with E-state index in [9.17, 15) is 4.79 Å². The van der Waals surface area contributed by atoms with Crippen molar-refractivity contribution in [3.8, 4) is 6.07 Å². The van der Waals surface area contributed by atoms with Crippen LogP contribution in [-0.2, 0) is 9.53 Å². The van der Waals surface area contributed by atoms with Gasteiger partial charge in [0.2, 0.25) is 0 Å². The molecule has 17 heavy (non-hydrogen) atoms. The fraction of sp³-hybridized carbons (Fsp3) is 0.400. The second-order valence-corrected chi connectivity index (χ2v) is 3.52. The Bertz CT molecular complexity index is 454. The molecule has 0 aromatic carbocycles. The van der Waals surface area contributed by atoms with Crippen LogP contribution in [-0.4, -0.2) is 46.8 Å². The normalized spacial score (nSPS) is 19.7. The first kappa shape index (κ1) is 11.3. The second kappa shape index (κ2) is 4.76. The minimum absolute atomic E-state index is 0.232. The van der Waals surface area contributed by atoms with Crippen molar-refractivity contribution < 1.29 is 14.6 Å². The summed E-state index contributed by atoms with van der Waals surface area (Å²) in [6, 6.07) is 1.87. The molecule has 0 radical (unpaired) electrons. The number of aliphatic carboxylic acids is 1. The predicted molar refractivity (Wildman–Crippen MR) is 56.3 cm³/mol. The molecule has 2 rings (SSSR count). The maximum absolute atomic E-state index is 10.8. The van der Waals surface area contributed by atoms with Crippen molar-refractivity contribution in [2.24, 2.45) is 0 Å². The van der Waals surface area contributed by atoms with Crippen LogP contribution in [0.5, 0.6) is 0 Å². The second-order valence-electron chi connectivity index (χ2n) is 3.52. The van der Waals surface area contributed by atoms with Crippen LogP contribution in [0.25, 0.3) is 0 Å². The van der Waals surface area contributed by atoms with Gasteiger partial charge in [0, 0.05) is 6.54 Å². The van der Waals surface area contributed by atoms with Gasteiger partial charge in [-0.3, -0.25) is 0 Å². The van der Waals surface area contributed by atoms with E-state index >= 15 is 0 Å². The largest absolute Gasteiger partial charge is 0.479 e. The molecule has 1 atom stereocenters. The number of aromatic nitrogens is 2. The predicted octanol–water partition coefficient (Wildman–Crippen LogP) is -0.362. The fourth-order valence-electron chi connectivity index (χ4n) is 1.55. The zero-order valence-corrected chi connectivity index (χ0v) is 8.91. The standard InChI is InChI=1S/C10H10N4O3/c11-3-7-4-13-9(5-12-7)14-1-2-17-8(6-14)10(15)16/h4-5,8H,1-2,6H2,(H,15,16). The van der Waals surface area contributed by atoms with Crippen LogP contribution in [0.15, 0.2) is 12.4 Å². The summed E-state index contributed by atoms with van der Waals surface area (Å²) in [6.07, 6.45) is 1.98. The molecule has 7 nitrogen and oxygen atoms in total. The molecule has 1 fully saturated rings. The number of hydrogen-bond donors (Lipinski definition) is 1. The fourth-order valence-corrected chi connectivity index (χ4v) is 1.55. The molecule has 0 aliphatic carbocycles. The van der Waals surface area contributed by atoms with Gasteiger partial charge in [-0.1, -0.05) is 0 Å². The Hall–Kier alpha value is -2.20. The van der Waals surface area contributed by atoms with Crippen LogP contribution < -0.4 is 4.90 Å². The van der Waals surface area contributed by atoms with Crippen LogP contribution in [0, 0.1) is 11.3 Å². The SMILES string of the molecule is N#Cc1cnc(N2CCOC(C(=O)O)C2)cn1. The number of carbonyl (C=O) groups is 1. The van der Waals surface area contributed by atoms with Crippen molar-refractivity contribution in [1.82, 2.24) is 9.97 Å². The molecule has 0 spiro atoms. The number of morpholine rings is 1. The van der Waals surface area contributed by atoms with E-state index in [1.54, 1.807) is 4.90 Å². The first-order valence-electron chi connectivity index (χ1n) is 5.02. The van der Waals surface area contributed by atoms with Crippen LogP contribution in [0.4, 0.5) is 5.82 Å². The molecule has 88 valence electrons. The van der Waals surface area contributed by atoms with Crippen LogP contribution in [0.2, 0.25) is 0 Å². The number of anilines is 1. The van der Waals surface area contributed by atoms with E-state index in [1.807, 2.05) is 6.07 Å². The highest BCUT2D eigenvalue weighted by Crippen LogP contribution is 2.14. The van der Waals surface area contributed by atoms with Crippen molar-refractivity contribution in [3.63, 3.8) is 0 Å². The van der Waals surface area contributed by atoms with E-state index in [4.69, 9.17) is 15.1 Å². The van der Waals surface area contributed by atoms with Gasteiger partial charge in [-0.15, -0.1) is 0 Å². The van der Waals surface area contributed by atoms with Gasteiger partial charge in [0.25, 0.3) is 0 Å². The number of nitriles is 1. The third-order valence-electron chi connectivity index (χ3n) is 2.42. The van der Waals surface area contributed by atoms with Crippen molar-refractivity contribution in [2.75, 3.05) is 24.6 Å². The van der Waals surface area contributed by atoms with Crippen LogP contribution >= 0.6 is 0 Å². The lowest BCUT2D eigenvalue weighted by molar-refractivity contribution is -0.150. The van der Waals surface area contributed by atoms with Crippen molar-refractivity contribution in [2.45, 2.75) is 6.10 Å². The number of nitrogens with zero attached hydrogens (tertiary/aromatic N) is 4. The summed E-state index contributed by atoms with van der Waals surface area (Å²) in [5, 5.41) is 17.4. The molecule has 2 heterocycles. The molecule has 1 aromatic rings. The molecule has 7 heteroatoms. The number of ether oxygens (including phenoxy) is 1. The zero-order valence-electron chi connectivity index (χ0n) is 8.91. The molecule has 0 bridgehead atoms. The Morgan fingerprint density at radius 1 is 1.59 bits per heavy atom. The molecule has 1 aromatic heterocycles. The quantitative estimate of drug-likeness (QED) is 0.745. The maximum Gasteiger partial charge on any atom is 0.334 e. The van der Waals surface area contributed by atoms with E-state index in [0.717, 1.165) is 0 Å². The van der Waals surface area contributed by atoms with Crippen molar-refractivity contribution in [3.05, 3.63) is 18.1 Å². The average Bonchev–Trinajstić information content (AvgIpc) is 2.39. The van der Waals surface area contributed by atoms with E-state index < -0.39 is 12.1 Å². The smallest absolute Gasteiger partial charge is 0.334 e. The third kappa shape index (κ3) is 2.49. The van der Waals surface area contributed by atoms with Crippen LogP contribution in [0.1, 0.15) is 5.69 Å². The summed E-state index contributed by atoms with van der Waals surface area (Å²) in [7, 11) is 0. The van der Waals surface area contributed by atoms with E-state index in [1.165, 1.54) is 12.4 Å². The van der Waals surface area contributed by atoms with Gasteiger partial charge in [0.1, 0.15) is 11.9 Å². The lowest BCUT2D eigenvalue weighted by Crippen LogP contribution is -2.46. The van der Waals surface area contributed by atoms with E-state index in [-0.39, 0.29) is 12.2 Å². The topological polar surface area (TPSA) is 99.3 Å². The highest BCUT2D eigenvalue weighted by Gasteiger charge is 2.26. The first-order valence-corrected chi connectivity index (χ1v) is 5.02. The molecular weight excluding hydrogens is 224 g/mol. The van der Waals surface area contributed by atoms with Gasteiger partial charge in [-0.2, -0.15) is 5.26 Å². The van der Waals surface area contributed by atoms with Gasteiger partial charge in [0.15, 0.2) is 11.8 Å². The Morgan fingerprint density at radius 2 is 2.41 bits per heavy atom.